The molecule has 4 heterocycles. The van der Waals surface area contributed by atoms with Crippen LogP contribution in [0.3, 0.4) is 0 Å². The fourth-order valence-corrected chi connectivity index (χ4v) is 5.23. The number of benzene rings is 1. The van der Waals surface area contributed by atoms with Gasteiger partial charge in [-0.05, 0) is 57.0 Å². The van der Waals surface area contributed by atoms with Crippen molar-refractivity contribution in [2.75, 3.05) is 33.9 Å². The van der Waals surface area contributed by atoms with Gasteiger partial charge in [-0.2, -0.15) is 4.98 Å². The zero-order valence-corrected chi connectivity index (χ0v) is 21.5. The van der Waals surface area contributed by atoms with Gasteiger partial charge in [-0.15, -0.1) is 0 Å². The molecule has 1 aliphatic rings. The number of hydrogen-bond acceptors (Lipinski definition) is 6. The van der Waals surface area contributed by atoms with E-state index < -0.39 is 0 Å². The third-order valence-electron chi connectivity index (χ3n) is 7.30. The molecule has 0 aliphatic carbocycles. The van der Waals surface area contributed by atoms with Gasteiger partial charge in [0.25, 0.3) is 5.56 Å². The zero-order chi connectivity index (χ0) is 25.4. The molecular weight excluding hydrogens is 460 g/mol. The maximum absolute atomic E-state index is 13.5. The van der Waals surface area contributed by atoms with Crippen molar-refractivity contribution in [2.24, 2.45) is 7.05 Å². The largest absolute Gasteiger partial charge is 0.493 e. The molecule has 5 rings (SSSR count). The molecule has 3 aromatic heterocycles. The summed E-state index contributed by atoms with van der Waals surface area (Å²) >= 11 is 0. The summed E-state index contributed by atoms with van der Waals surface area (Å²) in [6.45, 7) is 5.80. The lowest BCUT2D eigenvalue weighted by molar-refractivity contribution is 0.218. The first-order chi connectivity index (χ1) is 17.4. The van der Waals surface area contributed by atoms with E-state index in [0.29, 0.717) is 48.1 Å². The molecule has 1 aromatic carbocycles. The molecule has 0 bridgehead atoms. The number of ether oxygens (including phenoxy) is 2. The minimum atomic E-state index is -0.320. The number of rotatable bonds is 8. The molecule has 192 valence electrons. The van der Waals surface area contributed by atoms with E-state index in [-0.39, 0.29) is 11.2 Å². The lowest BCUT2D eigenvalue weighted by Crippen LogP contribution is -2.43. The van der Waals surface area contributed by atoms with E-state index in [9.17, 15) is 9.59 Å². The lowest BCUT2D eigenvalue weighted by Gasteiger charge is -2.26. The van der Waals surface area contributed by atoms with E-state index in [0.717, 1.165) is 30.8 Å². The first-order valence-electron chi connectivity index (χ1n) is 12.5. The van der Waals surface area contributed by atoms with Gasteiger partial charge in [-0.25, -0.2) is 4.79 Å². The highest BCUT2D eigenvalue weighted by molar-refractivity contribution is 5.75. The third kappa shape index (κ3) is 4.19. The van der Waals surface area contributed by atoms with E-state index in [1.807, 2.05) is 35.7 Å². The van der Waals surface area contributed by atoms with Crippen molar-refractivity contribution in [2.45, 2.75) is 45.7 Å². The molecule has 10 nitrogen and oxygen atoms in total. The number of nitrogens with zero attached hydrogens (tertiary/aromatic N) is 6. The second-order valence-corrected chi connectivity index (χ2v) is 9.52. The summed E-state index contributed by atoms with van der Waals surface area (Å²) in [6.07, 6.45) is 6.27. The van der Waals surface area contributed by atoms with Crippen molar-refractivity contribution in [3.63, 3.8) is 0 Å². The van der Waals surface area contributed by atoms with Crippen LogP contribution in [0.15, 0.2) is 34.0 Å². The Bertz CT molecular complexity index is 1520. The fourth-order valence-electron chi connectivity index (χ4n) is 5.23. The molecule has 0 radical (unpaired) electrons. The number of likely N-dealkylation sites (tertiary alicyclic amines) is 1. The summed E-state index contributed by atoms with van der Waals surface area (Å²) in [7, 11) is 4.94. The standard InChI is InChI=1S/C26H34N6O4/c1-18-17-32-22-23(28(2)26(34)31(24(22)33)15-14-29-11-6-5-7-12-29)27-25(32)30(18)13-10-19-8-9-20(35-3)21(16-19)36-4/h8-9,16-17H,5-7,10-15H2,1-4H3. The molecule has 1 saturated heterocycles. The Balaban J connectivity index is 1.48. The van der Waals surface area contributed by atoms with Crippen molar-refractivity contribution in [1.29, 1.82) is 0 Å². The Hall–Kier alpha value is -3.53. The topological polar surface area (TPSA) is 87.9 Å². The maximum atomic E-state index is 13.5. The van der Waals surface area contributed by atoms with Crippen LogP contribution >= 0.6 is 0 Å². The van der Waals surface area contributed by atoms with E-state index >= 15 is 0 Å². The van der Waals surface area contributed by atoms with Crippen molar-refractivity contribution >= 4 is 16.9 Å². The highest BCUT2D eigenvalue weighted by atomic mass is 16.5. The Kier molecular flexibility index (Phi) is 6.61. The van der Waals surface area contributed by atoms with Gasteiger partial charge in [0.15, 0.2) is 22.7 Å². The molecule has 0 atom stereocenters. The summed E-state index contributed by atoms with van der Waals surface area (Å²) in [5, 5.41) is 0. The molecule has 36 heavy (non-hydrogen) atoms. The Labute approximate surface area is 209 Å². The Morgan fingerprint density at radius 1 is 0.944 bits per heavy atom. The highest BCUT2D eigenvalue weighted by Crippen LogP contribution is 2.28. The Morgan fingerprint density at radius 2 is 1.69 bits per heavy atom. The van der Waals surface area contributed by atoms with Gasteiger partial charge < -0.3 is 18.9 Å². The summed E-state index contributed by atoms with van der Waals surface area (Å²) in [5.74, 6) is 2.04. The lowest BCUT2D eigenvalue weighted by atomic mass is 10.1. The summed E-state index contributed by atoms with van der Waals surface area (Å²) < 4.78 is 17.5. The Morgan fingerprint density at radius 3 is 2.42 bits per heavy atom. The maximum Gasteiger partial charge on any atom is 0.332 e. The third-order valence-corrected chi connectivity index (χ3v) is 7.30. The number of hydrogen-bond donors (Lipinski definition) is 0. The van der Waals surface area contributed by atoms with Crippen molar-refractivity contribution in [3.8, 4) is 11.5 Å². The molecule has 0 unspecified atom stereocenters. The average Bonchev–Trinajstić information content (AvgIpc) is 3.41. The minimum Gasteiger partial charge on any atom is -0.493 e. The van der Waals surface area contributed by atoms with E-state index in [2.05, 4.69) is 9.47 Å². The van der Waals surface area contributed by atoms with Gasteiger partial charge in [0.1, 0.15) is 0 Å². The molecule has 4 aromatic rings. The second-order valence-electron chi connectivity index (χ2n) is 9.52. The normalized spacial score (nSPS) is 14.7. The van der Waals surface area contributed by atoms with Gasteiger partial charge >= 0.3 is 5.69 Å². The SMILES string of the molecule is COc1ccc(CCn2c(C)cn3c4c(=O)n(CCN5CCCCC5)c(=O)n(C)c4nc23)cc1OC. The predicted molar refractivity (Wildman–Crippen MR) is 138 cm³/mol. The number of aromatic nitrogens is 5. The predicted octanol–water partition coefficient (Wildman–Crippen LogP) is 2.20. The number of piperidine rings is 1. The van der Waals surface area contributed by atoms with Crippen molar-refractivity contribution < 1.29 is 9.47 Å². The average molecular weight is 495 g/mol. The fraction of sp³-hybridized carbons (Fsp3) is 0.500. The summed E-state index contributed by atoms with van der Waals surface area (Å²) in [4.78, 5) is 33.7. The van der Waals surface area contributed by atoms with Crippen LogP contribution in [0.5, 0.6) is 11.5 Å². The van der Waals surface area contributed by atoms with Crippen LogP contribution in [0.25, 0.3) is 16.9 Å². The van der Waals surface area contributed by atoms with E-state index in [1.54, 1.807) is 21.3 Å². The summed E-state index contributed by atoms with van der Waals surface area (Å²) in [5.41, 5.74) is 2.34. The first-order valence-corrected chi connectivity index (χ1v) is 12.5. The molecule has 1 aliphatic heterocycles. The van der Waals surface area contributed by atoms with Gasteiger partial charge in [0.05, 0.1) is 14.2 Å². The number of fused-ring (bicyclic) bond motifs is 3. The molecule has 0 N–H and O–H groups in total. The molecule has 0 spiro atoms. The van der Waals surface area contributed by atoms with Crippen LogP contribution in [0.1, 0.15) is 30.5 Å². The quantitative estimate of drug-likeness (QED) is 0.373. The van der Waals surface area contributed by atoms with Gasteiger partial charge in [0.2, 0.25) is 5.78 Å². The molecule has 10 heteroatoms. The van der Waals surface area contributed by atoms with E-state index in [4.69, 9.17) is 14.5 Å². The van der Waals surface area contributed by atoms with Crippen molar-refractivity contribution in [1.82, 2.24) is 28.0 Å². The molecule has 1 fully saturated rings. The number of imidazole rings is 2. The smallest absolute Gasteiger partial charge is 0.332 e. The monoisotopic (exact) mass is 494 g/mol. The molecule has 0 saturated carbocycles. The van der Waals surface area contributed by atoms with Crippen LogP contribution in [-0.2, 0) is 26.6 Å². The number of methoxy groups -OCH3 is 2. The van der Waals surface area contributed by atoms with Crippen LogP contribution in [0.2, 0.25) is 0 Å². The van der Waals surface area contributed by atoms with Crippen LogP contribution in [-0.4, -0.2) is 61.8 Å². The summed E-state index contributed by atoms with van der Waals surface area (Å²) in [6, 6.07) is 5.89. The van der Waals surface area contributed by atoms with Crippen LogP contribution in [0.4, 0.5) is 0 Å². The molecular formula is C26H34N6O4. The minimum absolute atomic E-state index is 0.283. The highest BCUT2D eigenvalue weighted by Gasteiger charge is 2.21. The van der Waals surface area contributed by atoms with Gasteiger partial charge in [-0.1, -0.05) is 12.5 Å². The van der Waals surface area contributed by atoms with Crippen LogP contribution in [0, 0.1) is 6.92 Å². The molecule has 0 amide bonds. The number of aryl methyl sites for hydroxylation is 4. The zero-order valence-electron chi connectivity index (χ0n) is 21.5. The second kappa shape index (κ2) is 9.85. The van der Waals surface area contributed by atoms with Crippen LogP contribution < -0.4 is 20.7 Å². The van der Waals surface area contributed by atoms with Crippen molar-refractivity contribution in [3.05, 3.63) is 56.5 Å². The van der Waals surface area contributed by atoms with E-state index in [1.165, 1.54) is 28.4 Å². The van der Waals surface area contributed by atoms with Gasteiger partial charge in [-0.3, -0.25) is 18.3 Å². The van der Waals surface area contributed by atoms with Gasteiger partial charge in [0, 0.05) is 38.6 Å². The first kappa shape index (κ1) is 24.2.